The summed E-state index contributed by atoms with van der Waals surface area (Å²) in [5.74, 6) is -0.0454. The lowest BCUT2D eigenvalue weighted by Crippen LogP contribution is -2.27. The molecule has 5 nitrogen and oxygen atoms in total. The molecule has 0 fully saturated rings. The number of benzene rings is 2. The van der Waals surface area contributed by atoms with Crippen molar-refractivity contribution >= 4 is 29.1 Å². The first kappa shape index (κ1) is 20.7. The van der Waals surface area contributed by atoms with Crippen LogP contribution < -0.4 is 15.8 Å². The van der Waals surface area contributed by atoms with Gasteiger partial charge < -0.3 is 15.2 Å². The molecule has 0 atom stereocenters. The predicted molar refractivity (Wildman–Crippen MR) is 97.2 cm³/mol. The number of halogens is 4. The van der Waals surface area contributed by atoms with Crippen molar-refractivity contribution in [1.29, 1.82) is 0 Å². The lowest BCUT2D eigenvalue weighted by atomic mass is 10.1. The predicted octanol–water partition coefficient (Wildman–Crippen LogP) is 6.08. The molecule has 2 aromatic carbocycles. The molecule has 0 spiro atoms. The molecule has 3 N–H and O–H groups in total. The molecule has 1 amide bonds. The Kier molecular flexibility index (Phi) is 5.79. The summed E-state index contributed by atoms with van der Waals surface area (Å²) in [6, 6.07) is 7.14. The average Bonchev–Trinajstić information content (AvgIpc) is 2.47. The van der Waals surface area contributed by atoms with Crippen molar-refractivity contribution in [3.8, 4) is 11.5 Å². The van der Waals surface area contributed by atoms with Crippen LogP contribution >= 0.6 is 11.6 Å². The monoisotopic (exact) mass is 402 g/mol. The zero-order valence-corrected chi connectivity index (χ0v) is 15.5. The van der Waals surface area contributed by atoms with E-state index in [4.69, 9.17) is 26.8 Å². The number of rotatable bonds is 3. The van der Waals surface area contributed by atoms with Crippen molar-refractivity contribution in [3.05, 3.63) is 47.0 Å². The molecule has 27 heavy (non-hydrogen) atoms. The summed E-state index contributed by atoms with van der Waals surface area (Å²) in [7, 11) is 0. The largest absolute Gasteiger partial charge is 0.456 e. The highest BCUT2D eigenvalue weighted by molar-refractivity contribution is 6.32. The van der Waals surface area contributed by atoms with E-state index >= 15 is 0 Å². The van der Waals surface area contributed by atoms with Crippen LogP contribution in [0.1, 0.15) is 26.3 Å². The van der Waals surface area contributed by atoms with Crippen LogP contribution in [0.2, 0.25) is 5.02 Å². The SMILES string of the molecule is CC(C)(C)OC(=O)Nc1cc(Oc2ccc(N)cc2Cl)cc(C(F)(F)F)c1. The fourth-order valence-corrected chi connectivity index (χ4v) is 2.27. The number of hydrogen-bond acceptors (Lipinski definition) is 4. The third-order valence-electron chi connectivity index (χ3n) is 3.06. The average molecular weight is 403 g/mol. The van der Waals surface area contributed by atoms with Crippen LogP contribution in [-0.4, -0.2) is 11.7 Å². The Morgan fingerprint density at radius 1 is 1.11 bits per heavy atom. The van der Waals surface area contributed by atoms with Crippen molar-refractivity contribution in [2.24, 2.45) is 0 Å². The van der Waals surface area contributed by atoms with Crippen molar-refractivity contribution in [2.45, 2.75) is 32.5 Å². The van der Waals surface area contributed by atoms with Gasteiger partial charge in [0, 0.05) is 17.4 Å². The summed E-state index contributed by atoms with van der Waals surface area (Å²) in [5, 5.41) is 2.40. The summed E-state index contributed by atoms with van der Waals surface area (Å²) in [5.41, 5.74) is 4.02. The van der Waals surface area contributed by atoms with Crippen LogP contribution in [0.25, 0.3) is 0 Å². The molecule has 0 bridgehead atoms. The van der Waals surface area contributed by atoms with Gasteiger partial charge in [0.15, 0.2) is 0 Å². The molecule has 0 aliphatic rings. The second-order valence-electron chi connectivity index (χ2n) is 6.66. The van der Waals surface area contributed by atoms with E-state index in [1.54, 1.807) is 20.8 Å². The molecule has 0 aliphatic heterocycles. The summed E-state index contributed by atoms with van der Waals surface area (Å²) >= 11 is 5.99. The smallest absolute Gasteiger partial charge is 0.416 e. The highest BCUT2D eigenvalue weighted by Gasteiger charge is 2.32. The van der Waals surface area contributed by atoms with Crippen LogP contribution in [-0.2, 0) is 10.9 Å². The molecule has 2 aromatic rings. The molecule has 0 unspecified atom stereocenters. The number of alkyl halides is 3. The summed E-state index contributed by atoms with van der Waals surface area (Å²) < 4.78 is 50.0. The lowest BCUT2D eigenvalue weighted by Gasteiger charge is -2.20. The number of nitrogens with one attached hydrogen (secondary N) is 1. The molecule has 0 aromatic heterocycles. The number of amides is 1. The highest BCUT2D eigenvalue weighted by Crippen LogP contribution is 2.37. The third-order valence-corrected chi connectivity index (χ3v) is 3.36. The van der Waals surface area contributed by atoms with E-state index in [1.807, 2.05) is 0 Å². The Bertz CT molecular complexity index is 849. The molecule has 0 saturated carbocycles. The maximum absolute atomic E-state index is 13.2. The van der Waals surface area contributed by atoms with E-state index in [9.17, 15) is 18.0 Å². The van der Waals surface area contributed by atoms with Gasteiger partial charge in [0.1, 0.15) is 17.1 Å². The summed E-state index contributed by atoms with van der Waals surface area (Å²) in [6.07, 6.45) is -5.53. The van der Waals surface area contributed by atoms with Crippen molar-refractivity contribution < 1.29 is 27.4 Å². The molecule has 0 aliphatic carbocycles. The van der Waals surface area contributed by atoms with Gasteiger partial charge in [-0.1, -0.05) is 11.6 Å². The van der Waals surface area contributed by atoms with Gasteiger partial charge in [0.25, 0.3) is 0 Å². The van der Waals surface area contributed by atoms with Crippen LogP contribution in [0.5, 0.6) is 11.5 Å². The minimum Gasteiger partial charge on any atom is -0.456 e. The third kappa shape index (κ3) is 6.25. The first-order valence-corrected chi connectivity index (χ1v) is 8.16. The second-order valence-corrected chi connectivity index (χ2v) is 7.07. The highest BCUT2D eigenvalue weighted by atomic mass is 35.5. The van der Waals surface area contributed by atoms with E-state index in [0.29, 0.717) is 5.69 Å². The number of carbonyl (C=O) groups is 1. The Morgan fingerprint density at radius 3 is 2.33 bits per heavy atom. The molecule has 0 heterocycles. The first-order chi connectivity index (χ1) is 12.3. The normalized spacial score (nSPS) is 11.8. The molecule has 9 heteroatoms. The van der Waals surface area contributed by atoms with E-state index in [0.717, 1.165) is 12.1 Å². The van der Waals surface area contributed by atoms with Crippen LogP contribution in [0, 0.1) is 0 Å². The maximum atomic E-state index is 13.2. The Balaban J connectivity index is 2.35. The standard InChI is InChI=1S/C18H18ClF3N2O3/c1-17(2,3)27-16(25)24-12-6-10(18(20,21)22)7-13(9-12)26-15-5-4-11(23)8-14(15)19/h4-9H,23H2,1-3H3,(H,24,25). The Hall–Kier alpha value is -2.61. The topological polar surface area (TPSA) is 73.6 Å². The first-order valence-electron chi connectivity index (χ1n) is 7.79. The maximum Gasteiger partial charge on any atom is 0.416 e. The van der Waals surface area contributed by atoms with Gasteiger partial charge in [-0.15, -0.1) is 0 Å². The molecule has 0 radical (unpaired) electrons. The van der Waals surface area contributed by atoms with Crippen LogP contribution in [0.3, 0.4) is 0 Å². The molecule has 146 valence electrons. The quantitative estimate of drug-likeness (QED) is 0.610. The molecule has 2 rings (SSSR count). The number of ether oxygens (including phenoxy) is 2. The van der Waals surface area contributed by atoms with Gasteiger partial charge in [0.05, 0.1) is 10.6 Å². The van der Waals surface area contributed by atoms with Gasteiger partial charge in [-0.2, -0.15) is 13.2 Å². The second kappa shape index (κ2) is 7.56. The molecular formula is C18H18ClF3N2O3. The lowest BCUT2D eigenvalue weighted by molar-refractivity contribution is -0.137. The van der Waals surface area contributed by atoms with Crippen LogP contribution in [0.15, 0.2) is 36.4 Å². The van der Waals surface area contributed by atoms with E-state index in [-0.39, 0.29) is 22.2 Å². The van der Waals surface area contributed by atoms with Gasteiger partial charge in [-0.05, 0) is 51.1 Å². The number of hydrogen-bond donors (Lipinski definition) is 2. The van der Waals surface area contributed by atoms with Crippen molar-refractivity contribution in [2.75, 3.05) is 11.1 Å². The number of anilines is 2. The van der Waals surface area contributed by atoms with Gasteiger partial charge in [-0.25, -0.2) is 4.79 Å². The minimum absolute atomic E-state index is 0.119. The zero-order valence-electron chi connectivity index (χ0n) is 14.8. The Labute approximate surface area is 159 Å². The van der Waals surface area contributed by atoms with Gasteiger partial charge in [-0.3, -0.25) is 5.32 Å². The van der Waals surface area contributed by atoms with Crippen LogP contribution in [0.4, 0.5) is 29.3 Å². The van der Waals surface area contributed by atoms with Gasteiger partial charge in [0.2, 0.25) is 0 Å². The van der Waals surface area contributed by atoms with E-state index in [2.05, 4.69) is 5.32 Å². The molecular weight excluding hydrogens is 385 g/mol. The van der Waals surface area contributed by atoms with Gasteiger partial charge >= 0.3 is 12.3 Å². The fraction of sp³-hybridized carbons (Fsp3) is 0.278. The minimum atomic E-state index is -4.64. The Morgan fingerprint density at radius 2 is 1.78 bits per heavy atom. The number of carbonyl (C=O) groups excluding carboxylic acids is 1. The molecule has 0 saturated heterocycles. The number of nitrogen functional groups attached to an aromatic ring is 1. The summed E-state index contributed by atoms with van der Waals surface area (Å²) in [6.45, 7) is 4.91. The fourth-order valence-electron chi connectivity index (χ4n) is 2.04. The van der Waals surface area contributed by atoms with E-state index < -0.39 is 23.4 Å². The van der Waals surface area contributed by atoms with Crippen molar-refractivity contribution in [3.63, 3.8) is 0 Å². The van der Waals surface area contributed by atoms with E-state index in [1.165, 1.54) is 24.3 Å². The summed E-state index contributed by atoms with van der Waals surface area (Å²) in [4.78, 5) is 11.9. The number of nitrogens with two attached hydrogens (primary N) is 1. The zero-order chi connectivity index (χ0) is 20.4. The van der Waals surface area contributed by atoms with Crippen molar-refractivity contribution in [1.82, 2.24) is 0 Å².